The Morgan fingerprint density at radius 1 is 1.24 bits per heavy atom. The summed E-state index contributed by atoms with van der Waals surface area (Å²) in [5, 5.41) is 0. The van der Waals surface area contributed by atoms with E-state index in [4.69, 9.17) is 10.3 Å². The summed E-state index contributed by atoms with van der Waals surface area (Å²) in [6, 6.07) is 2.80. The van der Waals surface area contributed by atoms with Crippen LogP contribution in [0.1, 0.15) is 20.7 Å². The highest BCUT2D eigenvalue weighted by molar-refractivity contribution is 7.85. The van der Waals surface area contributed by atoms with Crippen molar-refractivity contribution in [1.29, 1.82) is 0 Å². The van der Waals surface area contributed by atoms with Gasteiger partial charge in [0.15, 0.2) is 0 Å². The Labute approximate surface area is 96.7 Å². The molecule has 0 heterocycles. The summed E-state index contributed by atoms with van der Waals surface area (Å²) in [4.78, 5) is 24.6. The fourth-order valence-corrected chi connectivity index (χ4v) is 1.66. The van der Waals surface area contributed by atoms with Gasteiger partial charge in [0.05, 0.1) is 4.90 Å². The van der Waals surface area contributed by atoms with Gasteiger partial charge in [-0.1, -0.05) is 0 Å². The molecule has 0 aromatic heterocycles. The standard InChI is InChI=1S/C9H8N2O5S/c1-11-9(13)6-2-5(8(10)12)3-7(4-6)17(14,15)16/h2-4H,1H2,(H2,10,12)(H,14,15,16). The Morgan fingerprint density at radius 3 is 2.18 bits per heavy atom. The zero-order valence-corrected chi connectivity index (χ0v) is 9.27. The van der Waals surface area contributed by atoms with Crippen LogP contribution in [0.5, 0.6) is 0 Å². The van der Waals surface area contributed by atoms with Gasteiger partial charge in [-0.3, -0.25) is 14.1 Å². The van der Waals surface area contributed by atoms with Crippen LogP contribution in [0.2, 0.25) is 0 Å². The van der Waals surface area contributed by atoms with E-state index in [1.54, 1.807) is 0 Å². The van der Waals surface area contributed by atoms with E-state index in [9.17, 15) is 18.0 Å². The van der Waals surface area contributed by atoms with Crippen molar-refractivity contribution in [3.8, 4) is 0 Å². The SMILES string of the molecule is C=NC(=O)c1cc(C(N)=O)cc(S(=O)(=O)O)c1. The number of carbonyl (C=O) groups excluding carboxylic acids is 2. The van der Waals surface area contributed by atoms with Gasteiger partial charge in [-0.2, -0.15) is 8.42 Å². The maximum absolute atomic E-state index is 11.2. The molecule has 8 heteroatoms. The first-order valence-electron chi connectivity index (χ1n) is 4.19. The van der Waals surface area contributed by atoms with Gasteiger partial charge in [0.25, 0.3) is 16.0 Å². The van der Waals surface area contributed by atoms with Crippen LogP contribution < -0.4 is 5.73 Å². The number of benzene rings is 1. The maximum atomic E-state index is 11.2. The number of nitrogens with two attached hydrogens (primary N) is 1. The average Bonchev–Trinajstić information content (AvgIpc) is 2.26. The van der Waals surface area contributed by atoms with Crippen LogP contribution >= 0.6 is 0 Å². The largest absolute Gasteiger partial charge is 0.366 e. The zero-order valence-electron chi connectivity index (χ0n) is 8.45. The molecule has 90 valence electrons. The molecule has 1 rings (SSSR count). The topological polar surface area (TPSA) is 127 Å². The molecule has 0 saturated carbocycles. The lowest BCUT2D eigenvalue weighted by Gasteiger charge is -2.03. The molecule has 0 aliphatic carbocycles. The third kappa shape index (κ3) is 2.95. The zero-order chi connectivity index (χ0) is 13.2. The van der Waals surface area contributed by atoms with Crippen LogP contribution in [-0.4, -0.2) is 31.5 Å². The molecule has 0 aliphatic heterocycles. The third-order valence-electron chi connectivity index (χ3n) is 1.88. The van der Waals surface area contributed by atoms with E-state index in [0.29, 0.717) is 0 Å². The molecule has 0 radical (unpaired) electrons. The van der Waals surface area contributed by atoms with E-state index >= 15 is 0 Å². The second kappa shape index (κ2) is 4.44. The highest BCUT2D eigenvalue weighted by Gasteiger charge is 2.16. The number of primary amides is 1. The molecule has 0 bridgehead atoms. The molecule has 0 fully saturated rings. The van der Waals surface area contributed by atoms with Crippen LogP contribution in [-0.2, 0) is 10.1 Å². The quantitative estimate of drug-likeness (QED) is 0.575. The molecule has 0 atom stereocenters. The second-order valence-corrected chi connectivity index (χ2v) is 4.47. The van der Waals surface area contributed by atoms with E-state index in [1.165, 1.54) is 0 Å². The molecule has 0 aliphatic rings. The lowest BCUT2D eigenvalue weighted by molar-refractivity contribution is 0.0999. The Balaban J connectivity index is 3.55. The number of aliphatic imine (C=N–C) groups is 1. The minimum absolute atomic E-state index is 0.205. The minimum atomic E-state index is -4.55. The van der Waals surface area contributed by atoms with Crippen LogP contribution in [0.25, 0.3) is 0 Å². The predicted molar refractivity (Wildman–Crippen MR) is 58.7 cm³/mol. The van der Waals surface area contributed by atoms with Gasteiger partial charge in [0.1, 0.15) is 0 Å². The van der Waals surface area contributed by atoms with Crippen molar-refractivity contribution >= 4 is 28.7 Å². The smallest absolute Gasteiger partial charge is 0.294 e. The summed E-state index contributed by atoms with van der Waals surface area (Å²) >= 11 is 0. The number of carbonyl (C=O) groups is 2. The Kier molecular flexibility index (Phi) is 3.39. The van der Waals surface area contributed by atoms with E-state index in [2.05, 4.69) is 11.7 Å². The molecule has 0 spiro atoms. The fourth-order valence-electron chi connectivity index (χ4n) is 1.11. The summed E-state index contributed by atoms with van der Waals surface area (Å²) in [6.45, 7) is 2.98. The molecule has 17 heavy (non-hydrogen) atoms. The monoisotopic (exact) mass is 256 g/mol. The lowest BCUT2D eigenvalue weighted by Crippen LogP contribution is -2.13. The van der Waals surface area contributed by atoms with Crippen molar-refractivity contribution < 1.29 is 22.6 Å². The number of nitrogens with zero attached hydrogens (tertiary/aromatic N) is 1. The van der Waals surface area contributed by atoms with Crippen molar-refractivity contribution in [3.63, 3.8) is 0 Å². The summed E-state index contributed by atoms with van der Waals surface area (Å²) in [5.41, 5.74) is 4.53. The number of amides is 2. The summed E-state index contributed by atoms with van der Waals surface area (Å²) in [7, 11) is -4.55. The molecular formula is C9H8N2O5S. The van der Waals surface area contributed by atoms with Gasteiger partial charge in [-0.05, 0) is 24.9 Å². The van der Waals surface area contributed by atoms with Crippen LogP contribution in [0.3, 0.4) is 0 Å². The van der Waals surface area contributed by atoms with Crippen molar-refractivity contribution in [3.05, 3.63) is 29.3 Å². The van der Waals surface area contributed by atoms with Crippen LogP contribution in [0.15, 0.2) is 28.1 Å². The molecule has 3 N–H and O–H groups in total. The minimum Gasteiger partial charge on any atom is -0.366 e. The van der Waals surface area contributed by atoms with E-state index in [0.717, 1.165) is 18.2 Å². The molecule has 1 aromatic rings. The summed E-state index contributed by atoms with van der Waals surface area (Å²) in [6.07, 6.45) is 0. The van der Waals surface area contributed by atoms with Gasteiger partial charge in [-0.25, -0.2) is 4.99 Å². The van der Waals surface area contributed by atoms with Gasteiger partial charge in [0, 0.05) is 11.1 Å². The lowest BCUT2D eigenvalue weighted by atomic mass is 10.1. The fraction of sp³-hybridized carbons (Fsp3) is 0. The van der Waals surface area contributed by atoms with Gasteiger partial charge in [-0.15, -0.1) is 0 Å². The predicted octanol–water partition coefficient (Wildman–Crippen LogP) is -0.127. The van der Waals surface area contributed by atoms with Gasteiger partial charge >= 0.3 is 0 Å². The van der Waals surface area contributed by atoms with Crippen molar-refractivity contribution in [2.75, 3.05) is 0 Å². The maximum Gasteiger partial charge on any atom is 0.294 e. The molecule has 7 nitrogen and oxygen atoms in total. The van der Waals surface area contributed by atoms with Crippen LogP contribution in [0, 0.1) is 0 Å². The number of hydrogen-bond acceptors (Lipinski definition) is 4. The van der Waals surface area contributed by atoms with E-state index in [-0.39, 0.29) is 11.1 Å². The first-order valence-corrected chi connectivity index (χ1v) is 5.63. The van der Waals surface area contributed by atoms with Crippen molar-refractivity contribution in [2.45, 2.75) is 4.90 Å². The molecular weight excluding hydrogens is 248 g/mol. The summed E-state index contributed by atoms with van der Waals surface area (Å²) in [5.74, 6) is -1.77. The van der Waals surface area contributed by atoms with Crippen molar-refractivity contribution in [1.82, 2.24) is 0 Å². The molecule has 1 aromatic carbocycles. The third-order valence-corrected chi connectivity index (χ3v) is 2.71. The average molecular weight is 256 g/mol. The summed E-state index contributed by atoms with van der Waals surface area (Å²) < 4.78 is 30.7. The molecule has 0 unspecified atom stereocenters. The van der Waals surface area contributed by atoms with Gasteiger partial charge in [0.2, 0.25) is 5.91 Å². The highest BCUT2D eigenvalue weighted by Crippen LogP contribution is 2.15. The van der Waals surface area contributed by atoms with Crippen molar-refractivity contribution in [2.24, 2.45) is 10.7 Å². The first kappa shape index (κ1) is 13.0. The number of hydrogen-bond donors (Lipinski definition) is 2. The Bertz CT molecular complexity index is 606. The first-order chi connectivity index (χ1) is 7.75. The molecule has 2 amide bonds. The Hall–Kier alpha value is -2.06. The molecule has 0 saturated heterocycles. The Morgan fingerprint density at radius 2 is 1.76 bits per heavy atom. The highest BCUT2D eigenvalue weighted by atomic mass is 32.2. The van der Waals surface area contributed by atoms with E-state index in [1.807, 2.05) is 0 Å². The second-order valence-electron chi connectivity index (χ2n) is 3.05. The van der Waals surface area contributed by atoms with Gasteiger partial charge < -0.3 is 5.73 Å². The normalized spacial score (nSPS) is 10.9. The van der Waals surface area contributed by atoms with Crippen LogP contribution in [0.4, 0.5) is 0 Å². The number of rotatable bonds is 3. The van der Waals surface area contributed by atoms with E-state index < -0.39 is 26.8 Å².